The van der Waals surface area contributed by atoms with Gasteiger partial charge in [0.1, 0.15) is 24.0 Å². The lowest BCUT2D eigenvalue weighted by Crippen LogP contribution is -2.49. The molecule has 0 radical (unpaired) electrons. The molecule has 14 nitrogen and oxygen atoms in total. The van der Waals surface area contributed by atoms with Crippen molar-refractivity contribution in [2.45, 2.75) is 63.4 Å². The molecule has 4 rings (SSSR count). The van der Waals surface area contributed by atoms with Crippen LogP contribution in [0.25, 0.3) is 11.2 Å². The Labute approximate surface area is 238 Å². The maximum Gasteiger partial charge on any atom is 0.459 e. The van der Waals surface area contributed by atoms with Gasteiger partial charge in [-0.15, -0.1) is 0 Å². The predicted molar refractivity (Wildman–Crippen MR) is 143 cm³/mol. The van der Waals surface area contributed by atoms with Gasteiger partial charge < -0.3 is 30.2 Å². The van der Waals surface area contributed by atoms with Crippen molar-refractivity contribution >= 4 is 36.6 Å². The number of nitrogens with one attached hydrogen (secondary N) is 2. The number of hydrogen-bond donors (Lipinski definition) is 4. The van der Waals surface area contributed by atoms with Crippen LogP contribution < -0.4 is 20.7 Å². The molecule has 0 amide bonds. The third-order valence-electron chi connectivity index (χ3n) is 6.19. The van der Waals surface area contributed by atoms with Crippen LogP contribution in [-0.2, 0) is 23.4 Å². The molecule has 42 heavy (non-hydrogen) atoms. The molecule has 2 aromatic heterocycles. The lowest BCUT2D eigenvalue weighted by molar-refractivity contribution is -0.149. The fourth-order valence-corrected chi connectivity index (χ4v) is 5.71. The Morgan fingerprint density at radius 1 is 1.26 bits per heavy atom. The molecule has 0 saturated carbocycles. The number of nitrogens with zero attached hydrogens (tertiary/aromatic N) is 4. The summed E-state index contributed by atoms with van der Waals surface area (Å²) in [7, 11) is -2.98. The molecule has 230 valence electrons. The van der Waals surface area contributed by atoms with Crippen LogP contribution in [0, 0.1) is 0 Å². The highest BCUT2D eigenvalue weighted by Gasteiger charge is 2.64. The van der Waals surface area contributed by atoms with E-state index in [4.69, 9.17) is 24.3 Å². The molecular formula is C24H31F3N7O7P. The van der Waals surface area contributed by atoms with Crippen LogP contribution in [0.4, 0.5) is 24.9 Å². The predicted octanol–water partition coefficient (Wildman–Crippen LogP) is 2.82. The third-order valence-corrected chi connectivity index (χ3v) is 7.83. The summed E-state index contributed by atoms with van der Waals surface area (Å²) in [6, 6.07) is 6.51. The number of nitrogen functional groups attached to an aromatic ring is 1. The highest BCUT2D eigenvalue weighted by molar-refractivity contribution is 7.52. The fourth-order valence-electron chi connectivity index (χ4n) is 4.21. The number of halogens is 3. The zero-order valence-electron chi connectivity index (χ0n) is 23.0. The van der Waals surface area contributed by atoms with Crippen LogP contribution in [0.2, 0.25) is 0 Å². The lowest BCUT2D eigenvalue weighted by Gasteiger charge is -2.28. The van der Waals surface area contributed by atoms with Crippen molar-refractivity contribution < 1.29 is 46.2 Å². The van der Waals surface area contributed by atoms with E-state index in [2.05, 4.69) is 25.4 Å². The maximum absolute atomic E-state index is 16.0. The number of carbonyl (C=O) groups is 1. The molecule has 1 unspecified atom stereocenters. The van der Waals surface area contributed by atoms with Crippen LogP contribution in [0.15, 0.2) is 36.7 Å². The molecule has 1 aliphatic rings. The summed E-state index contributed by atoms with van der Waals surface area (Å²) in [5.41, 5.74) is 1.96. The van der Waals surface area contributed by atoms with Crippen LogP contribution in [0.1, 0.15) is 27.0 Å². The largest absolute Gasteiger partial charge is 0.462 e. The minimum atomic E-state index is -4.49. The minimum absolute atomic E-state index is 0.0680. The number of carbonyl (C=O) groups excluding carboxylic acids is 1. The molecule has 1 aromatic carbocycles. The van der Waals surface area contributed by atoms with Crippen LogP contribution in [0.5, 0.6) is 5.75 Å². The van der Waals surface area contributed by atoms with Gasteiger partial charge in [0, 0.05) is 7.05 Å². The van der Waals surface area contributed by atoms with E-state index in [9.17, 15) is 23.2 Å². The van der Waals surface area contributed by atoms with Crippen LogP contribution >= 0.6 is 7.75 Å². The van der Waals surface area contributed by atoms with Gasteiger partial charge in [0.25, 0.3) is 6.43 Å². The second-order valence-corrected chi connectivity index (χ2v) is 11.3. The second-order valence-electron chi connectivity index (χ2n) is 9.64. The van der Waals surface area contributed by atoms with Crippen molar-refractivity contribution in [2.24, 2.45) is 0 Å². The number of imidazole rings is 1. The highest BCUT2D eigenvalue weighted by Crippen LogP contribution is 2.50. The van der Waals surface area contributed by atoms with Gasteiger partial charge in [-0.25, -0.2) is 22.7 Å². The number of nitrogens with two attached hydrogens (primary N) is 1. The zero-order chi connectivity index (χ0) is 30.8. The van der Waals surface area contributed by atoms with Gasteiger partial charge in [-0.05, 0) is 32.9 Å². The maximum atomic E-state index is 16.0. The van der Waals surface area contributed by atoms with E-state index in [1.54, 1.807) is 32.0 Å². The van der Waals surface area contributed by atoms with Crippen LogP contribution in [0.3, 0.4) is 0 Å². The Morgan fingerprint density at radius 2 is 1.95 bits per heavy atom. The number of ether oxygens (including phenoxy) is 2. The summed E-state index contributed by atoms with van der Waals surface area (Å²) in [4.78, 5) is 24.3. The number of aromatic nitrogens is 4. The van der Waals surface area contributed by atoms with Crippen molar-refractivity contribution in [1.82, 2.24) is 24.6 Å². The van der Waals surface area contributed by atoms with Gasteiger partial charge in [0.2, 0.25) is 11.6 Å². The molecular weight excluding hydrogens is 586 g/mol. The SMILES string of the molecule is CNc1nc(N)nc2c1ncn2[C@@H]1O[C@H](COP(=O)(N[C@@H](C)C(=O)OC(C)C)Oc2ccccc2)[C@@H](O)[C@]1(F)C(F)F. The van der Waals surface area contributed by atoms with Crippen molar-refractivity contribution in [3.8, 4) is 5.75 Å². The van der Waals surface area contributed by atoms with Gasteiger partial charge in [-0.1, -0.05) is 18.2 Å². The third kappa shape index (κ3) is 6.29. The molecule has 3 heterocycles. The average Bonchev–Trinajstić information content (AvgIpc) is 3.45. The number of hydrogen-bond acceptors (Lipinski definition) is 12. The van der Waals surface area contributed by atoms with Gasteiger partial charge in [0.05, 0.1) is 19.0 Å². The molecule has 0 bridgehead atoms. The average molecular weight is 618 g/mol. The number of anilines is 2. The van der Waals surface area contributed by atoms with E-state index in [1.165, 1.54) is 26.1 Å². The number of esters is 1. The summed E-state index contributed by atoms with van der Waals surface area (Å²) in [5, 5.41) is 15.9. The Hall–Kier alpha value is -3.50. The fraction of sp³-hybridized carbons (Fsp3) is 0.500. The molecule has 18 heteroatoms. The molecule has 1 aliphatic heterocycles. The van der Waals surface area contributed by atoms with E-state index in [0.29, 0.717) is 0 Å². The standard InChI is InChI=1S/C24H31F3N7O7P/c1-12(2)39-20(36)13(3)33-42(37,41-14-8-6-5-7-9-14)38-10-15-17(35)24(27,21(25)26)22(40-15)34-11-30-16-18(29-4)31-23(28)32-19(16)34/h5-9,11-13,15,17,21-22,35H,10H2,1-4H3,(H,33,37)(H3,28,29,31,32)/t13-,15+,17+,22+,24-,42?/m0/s1. The monoisotopic (exact) mass is 617 g/mol. The summed E-state index contributed by atoms with van der Waals surface area (Å²) in [6.07, 6.45) is -9.67. The first kappa shape index (κ1) is 31.4. The summed E-state index contributed by atoms with van der Waals surface area (Å²) < 4.78 is 80.7. The summed E-state index contributed by atoms with van der Waals surface area (Å²) in [6.45, 7) is 3.68. The molecule has 6 atom stereocenters. The number of aliphatic hydroxyl groups excluding tert-OH is 1. The van der Waals surface area contributed by atoms with Crippen molar-refractivity contribution in [1.29, 1.82) is 0 Å². The number of rotatable bonds is 12. The smallest absolute Gasteiger partial charge is 0.459 e. The molecule has 3 aromatic rings. The van der Waals surface area contributed by atoms with Crippen molar-refractivity contribution in [3.05, 3.63) is 36.7 Å². The van der Waals surface area contributed by atoms with Gasteiger partial charge in [-0.2, -0.15) is 15.1 Å². The summed E-state index contributed by atoms with van der Waals surface area (Å²) >= 11 is 0. The first-order valence-electron chi connectivity index (χ1n) is 12.7. The van der Waals surface area contributed by atoms with Gasteiger partial charge >= 0.3 is 13.7 Å². The Kier molecular flexibility index (Phi) is 9.27. The van der Waals surface area contributed by atoms with E-state index < -0.39 is 63.0 Å². The quantitative estimate of drug-likeness (QED) is 0.172. The summed E-state index contributed by atoms with van der Waals surface area (Å²) in [5.74, 6) is -0.828. The number of para-hydroxylation sites is 1. The number of aliphatic hydroxyl groups is 1. The lowest BCUT2D eigenvalue weighted by atomic mass is 9.96. The first-order valence-corrected chi connectivity index (χ1v) is 14.3. The number of fused-ring (bicyclic) bond motifs is 1. The van der Waals surface area contributed by atoms with Crippen LogP contribution in [-0.4, -0.2) is 80.7 Å². The Morgan fingerprint density at radius 3 is 2.57 bits per heavy atom. The van der Waals surface area contributed by atoms with E-state index in [1.807, 2.05) is 0 Å². The molecule has 5 N–H and O–H groups in total. The molecule has 0 aliphatic carbocycles. The zero-order valence-corrected chi connectivity index (χ0v) is 23.9. The second kappa shape index (κ2) is 12.4. The van der Waals surface area contributed by atoms with E-state index >= 15 is 4.39 Å². The topological polar surface area (TPSA) is 185 Å². The van der Waals surface area contributed by atoms with Gasteiger partial charge in [-0.3, -0.25) is 13.9 Å². The molecule has 1 saturated heterocycles. The highest BCUT2D eigenvalue weighted by atomic mass is 31.2. The molecule has 1 fully saturated rings. The van der Waals surface area contributed by atoms with E-state index in [0.717, 1.165) is 10.9 Å². The minimum Gasteiger partial charge on any atom is -0.462 e. The normalized spacial score (nSPS) is 24.6. The van der Waals surface area contributed by atoms with Crippen molar-refractivity contribution in [3.63, 3.8) is 0 Å². The number of alkyl halides is 3. The van der Waals surface area contributed by atoms with Gasteiger partial charge in [0.15, 0.2) is 23.2 Å². The van der Waals surface area contributed by atoms with E-state index in [-0.39, 0.29) is 28.7 Å². The molecule has 0 spiro atoms. The number of benzene rings is 1. The Balaban J connectivity index is 1.62. The Bertz CT molecular complexity index is 1450. The van der Waals surface area contributed by atoms with Crippen molar-refractivity contribution in [2.75, 3.05) is 24.7 Å². The first-order chi connectivity index (χ1) is 19.8.